The van der Waals surface area contributed by atoms with Crippen LogP contribution in [-0.4, -0.2) is 13.0 Å². The quantitative estimate of drug-likeness (QED) is 0.851. The summed E-state index contributed by atoms with van der Waals surface area (Å²) in [6.07, 6.45) is 1.44. The lowest BCUT2D eigenvalue weighted by molar-refractivity contribution is -0.113. The highest BCUT2D eigenvalue weighted by molar-refractivity contribution is 5.98. The minimum Gasteiger partial charge on any atom is -0.497 e. The Labute approximate surface area is 112 Å². The lowest BCUT2D eigenvalue weighted by atomic mass is 9.97. The third-order valence-electron chi connectivity index (χ3n) is 2.77. The maximum absolute atomic E-state index is 11.2. The van der Waals surface area contributed by atoms with E-state index in [1.165, 1.54) is 6.08 Å². The van der Waals surface area contributed by atoms with Crippen LogP contribution in [0.1, 0.15) is 11.1 Å². The number of amides is 1. The topological polar surface area (TPSA) is 52.3 Å². The standard InChI is InChI=1S/C16H15NO2/c1-19-14-9-7-13(8-10-14)15(11-16(17)18)12-5-3-2-4-6-12/h2-11H,1H3,(H2,17,18)/b15-11+. The van der Waals surface area contributed by atoms with Gasteiger partial charge in [-0.1, -0.05) is 42.5 Å². The molecule has 0 bridgehead atoms. The van der Waals surface area contributed by atoms with Gasteiger partial charge in [-0.2, -0.15) is 0 Å². The van der Waals surface area contributed by atoms with Crippen molar-refractivity contribution in [2.75, 3.05) is 7.11 Å². The van der Waals surface area contributed by atoms with Crippen LogP contribution < -0.4 is 10.5 Å². The van der Waals surface area contributed by atoms with Gasteiger partial charge in [0, 0.05) is 6.08 Å². The van der Waals surface area contributed by atoms with E-state index >= 15 is 0 Å². The zero-order valence-corrected chi connectivity index (χ0v) is 10.7. The van der Waals surface area contributed by atoms with Crippen LogP contribution in [0.15, 0.2) is 60.7 Å². The summed E-state index contributed by atoms with van der Waals surface area (Å²) < 4.78 is 5.12. The Morgan fingerprint density at radius 1 is 1.00 bits per heavy atom. The number of carbonyl (C=O) groups excluding carboxylic acids is 1. The van der Waals surface area contributed by atoms with Gasteiger partial charge in [0.2, 0.25) is 5.91 Å². The Morgan fingerprint density at radius 3 is 2.11 bits per heavy atom. The first-order valence-electron chi connectivity index (χ1n) is 5.91. The number of hydrogen-bond acceptors (Lipinski definition) is 2. The molecule has 0 saturated carbocycles. The van der Waals surface area contributed by atoms with E-state index in [1.54, 1.807) is 7.11 Å². The average molecular weight is 253 g/mol. The van der Waals surface area contributed by atoms with Gasteiger partial charge in [-0.15, -0.1) is 0 Å². The Balaban J connectivity index is 2.46. The molecule has 2 aromatic rings. The van der Waals surface area contributed by atoms with E-state index in [2.05, 4.69) is 0 Å². The normalized spacial score (nSPS) is 11.1. The van der Waals surface area contributed by atoms with Crippen molar-refractivity contribution in [2.45, 2.75) is 0 Å². The van der Waals surface area contributed by atoms with Gasteiger partial charge in [0.05, 0.1) is 7.11 Å². The van der Waals surface area contributed by atoms with Gasteiger partial charge in [-0.05, 0) is 28.8 Å². The van der Waals surface area contributed by atoms with Crippen LogP contribution in [0.2, 0.25) is 0 Å². The van der Waals surface area contributed by atoms with Gasteiger partial charge in [0.15, 0.2) is 0 Å². The Hall–Kier alpha value is -2.55. The second-order valence-corrected chi connectivity index (χ2v) is 4.05. The molecule has 2 rings (SSSR count). The number of rotatable bonds is 4. The highest BCUT2D eigenvalue weighted by atomic mass is 16.5. The molecule has 0 aromatic heterocycles. The van der Waals surface area contributed by atoms with E-state index in [1.807, 2.05) is 54.6 Å². The molecular formula is C16H15NO2. The molecular weight excluding hydrogens is 238 g/mol. The average Bonchev–Trinajstić information content (AvgIpc) is 2.46. The van der Waals surface area contributed by atoms with Crippen LogP contribution in [0.25, 0.3) is 5.57 Å². The summed E-state index contributed by atoms with van der Waals surface area (Å²) in [4.78, 5) is 11.2. The lowest BCUT2D eigenvalue weighted by Gasteiger charge is -2.08. The monoisotopic (exact) mass is 253 g/mol. The summed E-state index contributed by atoms with van der Waals surface area (Å²) in [5.74, 6) is 0.310. The van der Waals surface area contributed by atoms with Crippen molar-refractivity contribution >= 4 is 11.5 Å². The number of methoxy groups -OCH3 is 1. The Morgan fingerprint density at radius 2 is 1.58 bits per heavy atom. The maximum atomic E-state index is 11.2. The molecule has 0 radical (unpaired) electrons. The third kappa shape index (κ3) is 3.22. The van der Waals surface area contributed by atoms with Gasteiger partial charge in [-0.3, -0.25) is 4.79 Å². The zero-order valence-electron chi connectivity index (χ0n) is 10.7. The maximum Gasteiger partial charge on any atom is 0.242 e. The second kappa shape index (κ2) is 5.87. The van der Waals surface area contributed by atoms with Crippen LogP contribution in [0.5, 0.6) is 5.75 Å². The lowest BCUT2D eigenvalue weighted by Crippen LogP contribution is -2.07. The molecule has 0 saturated heterocycles. The molecule has 0 aliphatic carbocycles. The predicted molar refractivity (Wildman–Crippen MR) is 75.7 cm³/mol. The van der Waals surface area contributed by atoms with Gasteiger partial charge in [0.1, 0.15) is 5.75 Å². The van der Waals surface area contributed by atoms with Crippen molar-refractivity contribution < 1.29 is 9.53 Å². The van der Waals surface area contributed by atoms with Crippen LogP contribution in [0.3, 0.4) is 0 Å². The molecule has 0 unspecified atom stereocenters. The second-order valence-electron chi connectivity index (χ2n) is 4.05. The first kappa shape index (κ1) is 12.9. The third-order valence-corrected chi connectivity index (χ3v) is 2.77. The first-order valence-corrected chi connectivity index (χ1v) is 5.91. The first-order chi connectivity index (χ1) is 9.20. The smallest absolute Gasteiger partial charge is 0.242 e. The fraction of sp³-hybridized carbons (Fsp3) is 0.0625. The van der Waals surface area contributed by atoms with Crippen molar-refractivity contribution in [3.8, 4) is 5.75 Å². The summed E-state index contributed by atoms with van der Waals surface area (Å²) in [6.45, 7) is 0. The number of primary amides is 1. The van der Waals surface area contributed by atoms with Gasteiger partial charge in [0.25, 0.3) is 0 Å². The van der Waals surface area contributed by atoms with Gasteiger partial charge in [-0.25, -0.2) is 0 Å². The minimum absolute atomic E-state index is 0.463. The number of hydrogen-bond donors (Lipinski definition) is 1. The molecule has 0 atom stereocenters. The summed E-state index contributed by atoms with van der Waals surface area (Å²) >= 11 is 0. The molecule has 2 N–H and O–H groups in total. The highest BCUT2D eigenvalue weighted by Gasteiger charge is 2.06. The van der Waals surface area contributed by atoms with E-state index in [-0.39, 0.29) is 0 Å². The molecule has 0 spiro atoms. The zero-order chi connectivity index (χ0) is 13.7. The van der Waals surface area contributed by atoms with Crippen molar-refractivity contribution in [3.63, 3.8) is 0 Å². The molecule has 96 valence electrons. The molecule has 0 fully saturated rings. The minimum atomic E-state index is -0.463. The fourth-order valence-corrected chi connectivity index (χ4v) is 1.86. The summed E-state index contributed by atoms with van der Waals surface area (Å²) in [6, 6.07) is 17.2. The van der Waals surface area contributed by atoms with E-state index in [0.717, 1.165) is 22.4 Å². The summed E-state index contributed by atoms with van der Waals surface area (Å²) in [7, 11) is 1.62. The predicted octanol–water partition coefficient (Wildman–Crippen LogP) is 2.61. The number of benzene rings is 2. The van der Waals surface area contributed by atoms with Crippen molar-refractivity contribution in [2.24, 2.45) is 5.73 Å². The Bertz CT molecular complexity index is 586. The summed E-state index contributed by atoms with van der Waals surface area (Å²) in [5.41, 5.74) is 7.96. The van der Waals surface area contributed by atoms with E-state index < -0.39 is 5.91 Å². The molecule has 3 nitrogen and oxygen atoms in total. The van der Waals surface area contributed by atoms with E-state index in [0.29, 0.717) is 0 Å². The van der Waals surface area contributed by atoms with Crippen LogP contribution in [-0.2, 0) is 4.79 Å². The highest BCUT2D eigenvalue weighted by Crippen LogP contribution is 2.24. The molecule has 1 amide bonds. The van der Waals surface area contributed by atoms with Crippen LogP contribution in [0.4, 0.5) is 0 Å². The molecule has 0 aliphatic heterocycles. The number of ether oxygens (including phenoxy) is 1. The van der Waals surface area contributed by atoms with Crippen molar-refractivity contribution in [3.05, 3.63) is 71.8 Å². The largest absolute Gasteiger partial charge is 0.497 e. The summed E-state index contributed by atoms with van der Waals surface area (Å²) in [5, 5.41) is 0. The molecule has 3 heteroatoms. The van der Waals surface area contributed by atoms with Gasteiger partial charge >= 0.3 is 0 Å². The van der Waals surface area contributed by atoms with Crippen molar-refractivity contribution in [1.82, 2.24) is 0 Å². The molecule has 2 aromatic carbocycles. The number of carbonyl (C=O) groups is 1. The van der Waals surface area contributed by atoms with E-state index in [9.17, 15) is 4.79 Å². The van der Waals surface area contributed by atoms with Crippen LogP contribution >= 0.6 is 0 Å². The molecule has 19 heavy (non-hydrogen) atoms. The van der Waals surface area contributed by atoms with E-state index in [4.69, 9.17) is 10.5 Å². The fourth-order valence-electron chi connectivity index (χ4n) is 1.86. The molecule has 0 aliphatic rings. The SMILES string of the molecule is COc1ccc(/C(=C/C(N)=O)c2ccccc2)cc1. The van der Waals surface area contributed by atoms with Gasteiger partial charge < -0.3 is 10.5 Å². The van der Waals surface area contributed by atoms with Crippen LogP contribution in [0, 0.1) is 0 Å². The number of nitrogens with two attached hydrogens (primary N) is 1. The Kier molecular flexibility index (Phi) is 3.98. The van der Waals surface area contributed by atoms with Crippen molar-refractivity contribution in [1.29, 1.82) is 0 Å². The molecule has 0 heterocycles.